The van der Waals surface area contributed by atoms with Gasteiger partial charge in [-0.1, -0.05) is 11.6 Å². The van der Waals surface area contributed by atoms with Gasteiger partial charge in [-0.15, -0.1) is 0 Å². The molecule has 3 N–H and O–H groups in total. The average Bonchev–Trinajstić information content (AvgIpc) is 3.37. The summed E-state index contributed by atoms with van der Waals surface area (Å²) in [6.45, 7) is 0. The molecule has 0 aliphatic rings. The van der Waals surface area contributed by atoms with Crippen molar-refractivity contribution < 1.29 is 22.4 Å². The van der Waals surface area contributed by atoms with E-state index in [1.807, 2.05) is 0 Å². The molecule has 2 amide bonds. The number of furan rings is 1. The molecule has 0 fully saturated rings. The summed E-state index contributed by atoms with van der Waals surface area (Å²) in [6, 6.07) is 21.5. The number of halogens is 1. The molecule has 34 heavy (non-hydrogen) atoms. The van der Waals surface area contributed by atoms with Gasteiger partial charge in [0.2, 0.25) is 0 Å². The first-order valence-corrected chi connectivity index (χ1v) is 11.8. The molecule has 0 saturated carbocycles. The molecule has 0 atom stereocenters. The highest BCUT2D eigenvalue weighted by Gasteiger charge is 2.16. The van der Waals surface area contributed by atoms with Gasteiger partial charge in [-0.25, -0.2) is 8.42 Å². The zero-order valence-corrected chi connectivity index (χ0v) is 19.1. The molecule has 0 saturated heterocycles. The van der Waals surface area contributed by atoms with Crippen LogP contribution in [0.15, 0.2) is 101 Å². The third kappa shape index (κ3) is 5.64. The molecule has 0 spiro atoms. The Bertz CT molecular complexity index is 1400. The Labute approximate surface area is 200 Å². The molecule has 0 aliphatic carbocycles. The van der Waals surface area contributed by atoms with E-state index < -0.39 is 15.9 Å². The number of rotatable bonds is 7. The number of hydrogen-bond donors (Lipinski definition) is 3. The topological polar surface area (TPSA) is 118 Å². The van der Waals surface area contributed by atoms with Crippen LogP contribution in [0.3, 0.4) is 0 Å². The number of benzene rings is 3. The molecule has 10 heteroatoms. The number of nitrogens with one attached hydrogen (secondary N) is 3. The summed E-state index contributed by atoms with van der Waals surface area (Å²) in [5.41, 5.74) is 1.68. The molecule has 0 aliphatic heterocycles. The Morgan fingerprint density at radius 1 is 0.706 bits per heavy atom. The van der Waals surface area contributed by atoms with Gasteiger partial charge in [0.15, 0.2) is 5.76 Å². The molecule has 0 bridgehead atoms. The lowest BCUT2D eigenvalue weighted by molar-refractivity contribution is 0.0994. The van der Waals surface area contributed by atoms with Crippen LogP contribution in [-0.2, 0) is 10.0 Å². The molecular formula is C24H18ClN3O5S. The van der Waals surface area contributed by atoms with Crippen molar-refractivity contribution in [2.24, 2.45) is 0 Å². The molecule has 1 heterocycles. The van der Waals surface area contributed by atoms with Gasteiger partial charge < -0.3 is 15.1 Å². The quantitative estimate of drug-likeness (QED) is 0.324. The van der Waals surface area contributed by atoms with Gasteiger partial charge in [-0.3, -0.25) is 14.3 Å². The number of hydrogen-bond acceptors (Lipinski definition) is 5. The maximum Gasteiger partial charge on any atom is 0.291 e. The lowest BCUT2D eigenvalue weighted by Gasteiger charge is -2.10. The second-order valence-corrected chi connectivity index (χ2v) is 9.22. The van der Waals surface area contributed by atoms with E-state index >= 15 is 0 Å². The van der Waals surface area contributed by atoms with E-state index in [9.17, 15) is 18.0 Å². The van der Waals surface area contributed by atoms with Crippen molar-refractivity contribution in [2.45, 2.75) is 4.90 Å². The van der Waals surface area contributed by atoms with Gasteiger partial charge in [0, 0.05) is 27.6 Å². The lowest BCUT2D eigenvalue weighted by Crippen LogP contribution is -2.15. The highest BCUT2D eigenvalue weighted by Crippen LogP contribution is 2.20. The highest BCUT2D eigenvalue weighted by molar-refractivity contribution is 7.92. The number of carbonyl (C=O) groups excluding carboxylic acids is 2. The van der Waals surface area contributed by atoms with Crippen LogP contribution in [0.4, 0.5) is 17.1 Å². The zero-order valence-electron chi connectivity index (χ0n) is 17.5. The van der Waals surface area contributed by atoms with Gasteiger partial charge in [-0.2, -0.15) is 0 Å². The Balaban J connectivity index is 1.37. The normalized spacial score (nSPS) is 11.0. The first kappa shape index (κ1) is 23.1. The standard InChI is InChI=1S/C24H18ClN3O5S/c25-17-5-7-20(8-6-17)28-34(31,32)21-13-3-16(4-14-21)23(29)26-18-9-11-19(12-10-18)27-24(30)22-2-1-15-33-22/h1-15,28H,(H,26,29)(H,27,30). The van der Waals surface area contributed by atoms with E-state index in [1.165, 1.54) is 30.5 Å². The van der Waals surface area contributed by atoms with Gasteiger partial charge in [0.25, 0.3) is 21.8 Å². The Morgan fingerprint density at radius 2 is 1.26 bits per heavy atom. The lowest BCUT2D eigenvalue weighted by atomic mass is 10.2. The Hall–Kier alpha value is -4.08. The minimum absolute atomic E-state index is 0.00986. The maximum absolute atomic E-state index is 12.6. The van der Waals surface area contributed by atoms with Crippen molar-refractivity contribution in [3.63, 3.8) is 0 Å². The van der Waals surface area contributed by atoms with E-state index in [0.29, 0.717) is 22.1 Å². The molecule has 8 nitrogen and oxygen atoms in total. The van der Waals surface area contributed by atoms with Crippen LogP contribution in [0.25, 0.3) is 0 Å². The van der Waals surface area contributed by atoms with Crippen molar-refractivity contribution >= 4 is 50.5 Å². The molecule has 3 aromatic carbocycles. The minimum Gasteiger partial charge on any atom is -0.459 e. The van der Waals surface area contributed by atoms with E-state index in [2.05, 4.69) is 15.4 Å². The Kier molecular flexibility index (Phi) is 6.67. The number of sulfonamides is 1. The summed E-state index contributed by atoms with van der Waals surface area (Å²) in [5, 5.41) is 5.90. The highest BCUT2D eigenvalue weighted by atomic mass is 35.5. The van der Waals surface area contributed by atoms with E-state index in [4.69, 9.17) is 16.0 Å². The third-order valence-electron chi connectivity index (χ3n) is 4.67. The van der Waals surface area contributed by atoms with Gasteiger partial charge in [0.1, 0.15) is 0 Å². The third-order valence-corrected chi connectivity index (χ3v) is 6.32. The summed E-state index contributed by atoms with van der Waals surface area (Å²) in [6.07, 6.45) is 1.41. The van der Waals surface area contributed by atoms with Crippen molar-refractivity contribution in [2.75, 3.05) is 15.4 Å². The van der Waals surface area contributed by atoms with E-state index in [-0.39, 0.29) is 22.1 Å². The largest absolute Gasteiger partial charge is 0.459 e. The SMILES string of the molecule is O=C(Nc1ccc(NC(=O)c2ccco2)cc1)c1ccc(S(=O)(=O)Nc2ccc(Cl)cc2)cc1. The average molecular weight is 496 g/mol. The maximum atomic E-state index is 12.6. The first-order valence-electron chi connectivity index (χ1n) is 9.95. The molecule has 172 valence electrons. The molecule has 4 aromatic rings. The van der Waals surface area contributed by atoms with Crippen molar-refractivity contribution in [3.8, 4) is 0 Å². The second-order valence-electron chi connectivity index (χ2n) is 7.10. The van der Waals surface area contributed by atoms with Crippen LogP contribution in [-0.4, -0.2) is 20.2 Å². The van der Waals surface area contributed by atoms with Crippen LogP contribution in [0.2, 0.25) is 5.02 Å². The van der Waals surface area contributed by atoms with Crippen molar-refractivity contribution in [1.29, 1.82) is 0 Å². The number of amides is 2. The zero-order chi connectivity index (χ0) is 24.1. The fraction of sp³-hybridized carbons (Fsp3) is 0. The number of anilines is 3. The molecule has 1 aromatic heterocycles. The van der Waals surface area contributed by atoms with Crippen LogP contribution >= 0.6 is 11.6 Å². The van der Waals surface area contributed by atoms with Crippen LogP contribution in [0.1, 0.15) is 20.9 Å². The summed E-state index contributed by atoms with van der Waals surface area (Å²) in [7, 11) is -3.82. The summed E-state index contributed by atoms with van der Waals surface area (Å²) in [5.74, 6) is -0.615. The fourth-order valence-electron chi connectivity index (χ4n) is 2.96. The van der Waals surface area contributed by atoms with Gasteiger partial charge in [-0.05, 0) is 84.9 Å². The number of carbonyl (C=O) groups is 2. The molecular weight excluding hydrogens is 478 g/mol. The van der Waals surface area contributed by atoms with Crippen molar-refractivity contribution in [1.82, 2.24) is 0 Å². The Morgan fingerprint density at radius 3 is 1.82 bits per heavy atom. The monoisotopic (exact) mass is 495 g/mol. The molecule has 0 unspecified atom stereocenters. The smallest absolute Gasteiger partial charge is 0.291 e. The summed E-state index contributed by atoms with van der Waals surface area (Å²) < 4.78 is 32.6. The predicted molar refractivity (Wildman–Crippen MR) is 130 cm³/mol. The molecule has 4 rings (SSSR count). The molecule has 0 radical (unpaired) electrons. The van der Waals surface area contributed by atoms with Crippen molar-refractivity contribution in [3.05, 3.63) is 108 Å². The van der Waals surface area contributed by atoms with Crippen LogP contribution in [0, 0.1) is 0 Å². The van der Waals surface area contributed by atoms with E-state index in [0.717, 1.165) is 0 Å². The minimum atomic E-state index is -3.82. The summed E-state index contributed by atoms with van der Waals surface area (Å²) >= 11 is 5.82. The van der Waals surface area contributed by atoms with Gasteiger partial charge in [0.05, 0.1) is 11.2 Å². The second kappa shape index (κ2) is 9.82. The predicted octanol–water partition coefficient (Wildman–Crippen LogP) is 5.24. The van der Waals surface area contributed by atoms with Gasteiger partial charge >= 0.3 is 0 Å². The first-order chi connectivity index (χ1) is 16.3. The fourth-order valence-corrected chi connectivity index (χ4v) is 4.14. The van der Waals surface area contributed by atoms with E-state index in [1.54, 1.807) is 60.7 Å². The summed E-state index contributed by atoms with van der Waals surface area (Å²) in [4.78, 5) is 24.6. The van der Waals surface area contributed by atoms with Crippen LogP contribution in [0.5, 0.6) is 0 Å². The van der Waals surface area contributed by atoms with Crippen LogP contribution < -0.4 is 15.4 Å².